The van der Waals surface area contributed by atoms with Gasteiger partial charge in [-0.1, -0.05) is 23.8 Å². The van der Waals surface area contributed by atoms with Gasteiger partial charge in [-0.2, -0.15) is 5.26 Å². The molecule has 0 aliphatic carbocycles. The van der Waals surface area contributed by atoms with E-state index in [2.05, 4.69) is 16.0 Å². The van der Waals surface area contributed by atoms with Gasteiger partial charge in [0.05, 0.1) is 13.7 Å². The number of anilines is 2. The summed E-state index contributed by atoms with van der Waals surface area (Å²) in [6, 6.07) is 18.7. The van der Waals surface area contributed by atoms with E-state index in [9.17, 15) is 19.6 Å². The molecule has 3 N–H and O–H groups in total. The van der Waals surface area contributed by atoms with Crippen molar-refractivity contribution < 1.29 is 23.5 Å². The first-order valence-electron chi connectivity index (χ1n) is 10.2. The van der Waals surface area contributed by atoms with E-state index < -0.39 is 17.7 Å². The molecule has 34 heavy (non-hydrogen) atoms. The molecule has 0 aliphatic heterocycles. The van der Waals surface area contributed by atoms with Crippen LogP contribution in [0.4, 0.5) is 11.4 Å². The SMILES string of the molecule is COc1cccc(NC(=O)/C(C#N)=C\c2ccc(CNC(=O)C(=O)Nc3ccc(C)cc3)o2)c1. The van der Waals surface area contributed by atoms with Crippen LogP contribution in [0.5, 0.6) is 5.75 Å². The first-order valence-corrected chi connectivity index (χ1v) is 10.2. The van der Waals surface area contributed by atoms with E-state index in [1.165, 1.54) is 13.2 Å². The molecule has 1 aromatic heterocycles. The number of carbonyl (C=O) groups is 3. The summed E-state index contributed by atoms with van der Waals surface area (Å²) in [6.45, 7) is 1.86. The zero-order chi connectivity index (χ0) is 24.5. The largest absolute Gasteiger partial charge is 0.497 e. The van der Waals surface area contributed by atoms with Crippen molar-refractivity contribution in [2.75, 3.05) is 17.7 Å². The van der Waals surface area contributed by atoms with Crippen LogP contribution in [0.1, 0.15) is 17.1 Å². The normalized spacial score (nSPS) is 10.7. The molecule has 0 aliphatic rings. The second-order valence-electron chi connectivity index (χ2n) is 7.16. The molecular formula is C25H22N4O5. The molecule has 0 bridgehead atoms. The minimum atomic E-state index is -0.829. The van der Waals surface area contributed by atoms with Gasteiger partial charge in [0.1, 0.15) is 28.9 Å². The molecule has 9 nitrogen and oxygen atoms in total. The van der Waals surface area contributed by atoms with E-state index >= 15 is 0 Å². The average molecular weight is 458 g/mol. The quantitative estimate of drug-likeness (QED) is 0.282. The van der Waals surface area contributed by atoms with E-state index in [0.717, 1.165) is 5.56 Å². The maximum atomic E-state index is 12.4. The molecule has 0 fully saturated rings. The molecule has 0 spiro atoms. The molecule has 0 unspecified atom stereocenters. The highest BCUT2D eigenvalue weighted by molar-refractivity contribution is 6.39. The Morgan fingerprint density at radius 3 is 2.41 bits per heavy atom. The molecule has 0 saturated heterocycles. The third-order valence-electron chi connectivity index (χ3n) is 4.60. The third-order valence-corrected chi connectivity index (χ3v) is 4.60. The lowest BCUT2D eigenvalue weighted by molar-refractivity contribution is -0.136. The number of nitrogens with one attached hydrogen (secondary N) is 3. The predicted octanol–water partition coefficient (Wildman–Crippen LogP) is 3.40. The van der Waals surface area contributed by atoms with Crippen molar-refractivity contribution in [1.82, 2.24) is 5.32 Å². The summed E-state index contributed by atoms with van der Waals surface area (Å²) >= 11 is 0. The van der Waals surface area contributed by atoms with E-state index in [1.54, 1.807) is 48.5 Å². The van der Waals surface area contributed by atoms with E-state index in [-0.39, 0.29) is 17.9 Å². The number of nitriles is 1. The standard InChI is InChI=1S/C25H22N4O5/c1-16-6-8-18(9-7-16)28-25(32)24(31)27-15-22-11-10-21(34-22)12-17(14-26)23(30)29-19-4-3-5-20(13-19)33-2/h3-13H,15H2,1-2H3,(H,27,31)(H,28,32)(H,29,30)/b17-12-. The van der Waals surface area contributed by atoms with Gasteiger partial charge in [-0.05, 0) is 43.3 Å². The number of carbonyl (C=O) groups excluding carboxylic acids is 3. The van der Waals surface area contributed by atoms with Gasteiger partial charge in [-0.25, -0.2) is 0 Å². The Labute approximate surface area is 196 Å². The topological polar surface area (TPSA) is 133 Å². The van der Waals surface area contributed by atoms with Gasteiger partial charge < -0.3 is 25.1 Å². The first kappa shape index (κ1) is 23.8. The molecule has 1 heterocycles. The van der Waals surface area contributed by atoms with E-state index in [1.807, 2.05) is 25.1 Å². The van der Waals surface area contributed by atoms with Crippen molar-refractivity contribution in [1.29, 1.82) is 5.26 Å². The van der Waals surface area contributed by atoms with Crippen LogP contribution in [0, 0.1) is 18.3 Å². The highest BCUT2D eigenvalue weighted by Crippen LogP contribution is 2.18. The zero-order valence-corrected chi connectivity index (χ0v) is 18.5. The Hall–Kier alpha value is -4.84. The number of methoxy groups -OCH3 is 1. The Morgan fingerprint density at radius 1 is 0.971 bits per heavy atom. The number of hydrogen-bond acceptors (Lipinski definition) is 6. The summed E-state index contributed by atoms with van der Waals surface area (Å²) < 4.78 is 10.6. The molecular weight excluding hydrogens is 436 g/mol. The van der Waals surface area contributed by atoms with Gasteiger partial charge in [-0.15, -0.1) is 0 Å². The number of amides is 3. The minimum absolute atomic E-state index is 0.0497. The summed E-state index contributed by atoms with van der Waals surface area (Å²) in [5.74, 6) is -1.11. The van der Waals surface area contributed by atoms with Crippen LogP contribution in [-0.4, -0.2) is 24.8 Å². The van der Waals surface area contributed by atoms with Crippen LogP contribution >= 0.6 is 0 Å². The summed E-state index contributed by atoms with van der Waals surface area (Å²) in [7, 11) is 1.51. The smallest absolute Gasteiger partial charge is 0.313 e. The maximum absolute atomic E-state index is 12.4. The number of nitrogens with zero attached hydrogens (tertiary/aromatic N) is 1. The monoisotopic (exact) mass is 458 g/mol. The Bertz CT molecular complexity index is 1270. The highest BCUT2D eigenvalue weighted by atomic mass is 16.5. The molecule has 172 valence electrons. The van der Waals surface area contributed by atoms with Gasteiger partial charge in [0.15, 0.2) is 0 Å². The predicted molar refractivity (Wildman–Crippen MR) is 126 cm³/mol. The van der Waals surface area contributed by atoms with Crippen LogP contribution in [0.25, 0.3) is 6.08 Å². The number of ether oxygens (including phenoxy) is 1. The first-order chi connectivity index (χ1) is 16.4. The molecule has 3 aromatic rings. The number of hydrogen-bond donors (Lipinski definition) is 3. The van der Waals surface area contributed by atoms with Crippen molar-refractivity contribution in [3.05, 3.63) is 83.3 Å². The lowest BCUT2D eigenvalue weighted by atomic mass is 10.2. The van der Waals surface area contributed by atoms with Gasteiger partial charge in [-0.3, -0.25) is 14.4 Å². The molecule has 0 atom stereocenters. The van der Waals surface area contributed by atoms with Crippen LogP contribution in [0.15, 0.2) is 70.7 Å². The second-order valence-corrected chi connectivity index (χ2v) is 7.16. The minimum Gasteiger partial charge on any atom is -0.497 e. The molecule has 3 amide bonds. The maximum Gasteiger partial charge on any atom is 0.313 e. The Kier molecular flexibility index (Phi) is 7.81. The van der Waals surface area contributed by atoms with Crippen molar-refractivity contribution >= 4 is 35.2 Å². The van der Waals surface area contributed by atoms with Crippen LogP contribution < -0.4 is 20.7 Å². The van der Waals surface area contributed by atoms with Gasteiger partial charge in [0.2, 0.25) is 0 Å². The number of furan rings is 1. The zero-order valence-electron chi connectivity index (χ0n) is 18.5. The summed E-state index contributed by atoms with van der Waals surface area (Å²) in [5.41, 5.74) is 1.83. The van der Waals surface area contributed by atoms with Gasteiger partial charge in [0, 0.05) is 23.5 Å². The molecule has 9 heteroatoms. The molecule has 2 aromatic carbocycles. The molecule has 0 saturated carbocycles. The lowest BCUT2D eigenvalue weighted by Crippen LogP contribution is -2.34. The van der Waals surface area contributed by atoms with Crippen LogP contribution in [0.3, 0.4) is 0 Å². The fraction of sp³-hybridized carbons (Fsp3) is 0.120. The van der Waals surface area contributed by atoms with Crippen LogP contribution in [0.2, 0.25) is 0 Å². The van der Waals surface area contributed by atoms with Crippen LogP contribution in [-0.2, 0) is 20.9 Å². The summed E-state index contributed by atoms with van der Waals surface area (Å²) in [4.78, 5) is 36.5. The van der Waals surface area contributed by atoms with Gasteiger partial charge in [0.25, 0.3) is 5.91 Å². The fourth-order valence-electron chi connectivity index (χ4n) is 2.83. The van der Waals surface area contributed by atoms with E-state index in [0.29, 0.717) is 22.9 Å². The second kappa shape index (κ2) is 11.2. The Morgan fingerprint density at radius 2 is 1.71 bits per heavy atom. The number of aryl methyl sites for hydroxylation is 1. The summed E-state index contributed by atoms with van der Waals surface area (Å²) in [5, 5.41) is 16.9. The average Bonchev–Trinajstić information content (AvgIpc) is 3.29. The molecule has 0 radical (unpaired) electrons. The van der Waals surface area contributed by atoms with Gasteiger partial charge >= 0.3 is 11.8 Å². The fourth-order valence-corrected chi connectivity index (χ4v) is 2.83. The molecule has 3 rings (SSSR count). The third kappa shape index (κ3) is 6.58. The Balaban J connectivity index is 1.57. The number of rotatable bonds is 7. The lowest BCUT2D eigenvalue weighted by Gasteiger charge is -2.06. The van der Waals surface area contributed by atoms with Crippen molar-refractivity contribution in [2.24, 2.45) is 0 Å². The van der Waals surface area contributed by atoms with Crippen molar-refractivity contribution in [2.45, 2.75) is 13.5 Å². The number of benzene rings is 2. The van der Waals surface area contributed by atoms with Crippen molar-refractivity contribution in [3.8, 4) is 11.8 Å². The van der Waals surface area contributed by atoms with E-state index in [4.69, 9.17) is 9.15 Å². The summed E-state index contributed by atoms with van der Waals surface area (Å²) in [6.07, 6.45) is 1.28. The van der Waals surface area contributed by atoms with Crippen molar-refractivity contribution in [3.63, 3.8) is 0 Å². The highest BCUT2D eigenvalue weighted by Gasteiger charge is 2.15.